The smallest absolute Gasteiger partial charge is 0.105 e. The number of aromatic nitrogens is 1. The molecule has 2 rings (SSSR count). The Morgan fingerprint density at radius 2 is 2.15 bits per heavy atom. The van der Waals surface area contributed by atoms with Gasteiger partial charge in [-0.15, -0.1) is 0 Å². The van der Waals surface area contributed by atoms with E-state index in [2.05, 4.69) is 18.0 Å². The van der Waals surface area contributed by atoms with E-state index in [9.17, 15) is 5.11 Å². The second kappa shape index (κ2) is 6.55. The van der Waals surface area contributed by atoms with Crippen LogP contribution in [0.3, 0.4) is 0 Å². The summed E-state index contributed by atoms with van der Waals surface area (Å²) >= 11 is 9.96. The lowest BCUT2D eigenvalue weighted by molar-refractivity contribution is 0.333. The second-order valence-corrected chi connectivity index (χ2v) is 5.99. The van der Waals surface area contributed by atoms with E-state index in [4.69, 9.17) is 24.4 Å². The van der Waals surface area contributed by atoms with Crippen molar-refractivity contribution >= 4 is 35.2 Å². The maximum atomic E-state index is 10.6. The summed E-state index contributed by atoms with van der Waals surface area (Å²) in [6.07, 6.45) is 7.82. The minimum Gasteiger partial charge on any atom is -0.511 e. The van der Waals surface area contributed by atoms with E-state index in [1.807, 2.05) is 12.3 Å². The van der Waals surface area contributed by atoms with Gasteiger partial charge in [0.15, 0.2) is 0 Å². The van der Waals surface area contributed by atoms with Gasteiger partial charge in [0, 0.05) is 17.8 Å². The average molecular weight is 305 g/mol. The monoisotopic (exact) mass is 305 g/mol. The van der Waals surface area contributed by atoms with Gasteiger partial charge in [0.05, 0.1) is 5.92 Å². The van der Waals surface area contributed by atoms with Gasteiger partial charge in [-0.1, -0.05) is 43.8 Å². The molecule has 1 fully saturated rings. The molecule has 0 amide bonds. The van der Waals surface area contributed by atoms with Crippen molar-refractivity contribution in [2.45, 2.75) is 38.0 Å². The highest BCUT2D eigenvalue weighted by Crippen LogP contribution is 2.44. The third-order valence-electron chi connectivity index (χ3n) is 4.24. The van der Waals surface area contributed by atoms with Crippen molar-refractivity contribution in [2.75, 3.05) is 0 Å². The molecule has 0 aromatic carbocycles. The van der Waals surface area contributed by atoms with Gasteiger partial charge in [-0.05, 0) is 47.2 Å². The molecule has 20 heavy (non-hydrogen) atoms. The van der Waals surface area contributed by atoms with Crippen molar-refractivity contribution in [2.24, 2.45) is 5.92 Å². The van der Waals surface area contributed by atoms with Crippen LogP contribution >= 0.6 is 24.4 Å². The van der Waals surface area contributed by atoms with E-state index in [0.717, 1.165) is 36.8 Å². The third kappa shape index (κ3) is 2.81. The first-order valence-electron chi connectivity index (χ1n) is 6.87. The van der Waals surface area contributed by atoms with Crippen LogP contribution in [0.4, 0.5) is 0 Å². The van der Waals surface area contributed by atoms with Crippen LogP contribution in [0.5, 0.6) is 0 Å². The van der Waals surface area contributed by atoms with Gasteiger partial charge < -0.3 is 5.11 Å². The molecule has 1 heterocycles. The highest BCUT2D eigenvalue weighted by Gasteiger charge is 2.36. The van der Waals surface area contributed by atoms with E-state index in [1.54, 1.807) is 6.20 Å². The van der Waals surface area contributed by atoms with E-state index in [-0.39, 0.29) is 11.3 Å². The van der Waals surface area contributed by atoms with Crippen molar-refractivity contribution in [1.82, 2.24) is 4.98 Å². The molecule has 1 saturated carbocycles. The van der Waals surface area contributed by atoms with Crippen molar-refractivity contribution in [1.29, 1.82) is 0 Å². The minimum absolute atomic E-state index is 0.175. The summed E-state index contributed by atoms with van der Waals surface area (Å²) in [5, 5.41) is 13.7. The Morgan fingerprint density at radius 1 is 1.40 bits per heavy atom. The predicted octanol–water partition coefficient (Wildman–Crippen LogP) is 4.34. The Morgan fingerprint density at radius 3 is 2.75 bits per heavy atom. The predicted molar refractivity (Wildman–Crippen MR) is 90.5 cm³/mol. The maximum Gasteiger partial charge on any atom is 0.105 e. The molecule has 1 unspecified atom stereocenters. The molecule has 0 radical (unpaired) electrons. The summed E-state index contributed by atoms with van der Waals surface area (Å²) in [7, 11) is 0. The van der Waals surface area contributed by atoms with Gasteiger partial charge >= 0.3 is 0 Å². The Labute approximate surface area is 130 Å². The fourth-order valence-corrected chi connectivity index (χ4v) is 3.50. The van der Waals surface area contributed by atoms with Gasteiger partial charge in [0.1, 0.15) is 5.76 Å². The van der Waals surface area contributed by atoms with Crippen LogP contribution in [-0.4, -0.2) is 20.8 Å². The third-order valence-corrected chi connectivity index (χ3v) is 4.82. The summed E-state index contributed by atoms with van der Waals surface area (Å²) in [6, 6.07) is 4.02. The standard InChI is InChI=1S/C16H19NOS2/c1-16(13-5-4-8-17-9-13)7-3-2-6-14(16)15(18)12(10-19)11-20/h4-5,8-12,18H,2-3,6-7H2,1H3. The lowest BCUT2D eigenvalue weighted by atomic mass is 9.67. The Kier molecular flexibility index (Phi) is 5.00. The summed E-state index contributed by atoms with van der Waals surface area (Å²) in [6.45, 7) is 2.18. The number of aliphatic hydroxyl groups excluding tert-OH is 1. The molecular weight excluding hydrogens is 286 g/mol. The van der Waals surface area contributed by atoms with E-state index in [1.165, 1.54) is 10.7 Å². The zero-order valence-corrected chi connectivity index (χ0v) is 13.2. The molecule has 1 aliphatic rings. The van der Waals surface area contributed by atoms with Gasteiger partial charge in [-0.3, -0.25) is 4.98 Å². The molecule has 0 bridgehead atoms. The van der Waals surface area contributed by atoms with Gasteiger partial charge in [0.25, 0.3) is 0 Å². The van der Waals surface area contributed by atoms with Crippen molar-refractivity contribution in [3.8, 4) is 0 Å². The van der Waals surface area contributed by atoms with Crippen LogP contribution in [0.2, 0.25) is 0 Å². The molecule has 0 aliphatic heterocycles. The normalized spacial score (nSPS) is 25.3. The van der Waals surface area contributed by atoms with Crippen LogP contribution in [0.1, 0.15) is 38.2 Å². The first kappa shape index (κ1) is 15.3. The fraction of sp³-hybridized carbons (Fsp3) is 0.438. The lowest BCUT2D eigenvalue weighted by Gasteiger charge is -2.38. The molecule has 106 valence electrons. The molecule has 2 nitrogen and oxygen atoms in total. The quantitative estimate of drug-likeness (QED) is 0.662. The van der Waals surface area contributed by atoms with Crippen LogP contribution in [0, 0.1) is 5.92 Å². The first-order chi connectivity index (χ1) is 9.63. The fourth-order valence-electron chi connectivity index (χ4n) is 2.99. The molecular formula is C16H19NOS2. The van der Waals surface area contributed by atoms with Gasteiger partial charge in [-0.2, -0.15) is 0 Å². The van der Waals surface area contributed by atoms with Crippen molar-refractivity contribution < 1.29 is 5.11 Å². The summed E-state index contributed by atoms with van der Waals surface area (Å²) in [5.74, 6) is 0.0187. The van der Waals surface area contributed by atoms with Crippen LogP contribution in [-0.2, 0) is 5.41 Å². The summed E-state index contributed by atoms with van der Waals surface area (Å²) in [5.41, 5.74) is 2.03. The Hall–Kier alpha value is -1.13. The van der Waals surface area contributed by atoms with E-state index in [0.29, 0.717) is 5.76 Å². The topological polar surface area (TPSA) is 33.1 Å². The second-order valence-electron chi connectivity index (χ2n) is 5.44. The molecule has 1 aliphatic carbocycles. The van der Waals surface area contributed by atoms with Crippen LogP contribution in [0.15, 0.2) is 35.9 Å². The number of thiocarbonyl (C=S) groups is 2. The molecule has 0 saturated heterocycles. The maximum absolute atomic E-state index is 10.6. The summed E-state index contributed by atoms with van der Waals surface area (Å²) < 4.78 is 0. The van der Waals surface area contributed by atoms with Crippen molar-refractivity contribution in [3.63, 3.8) is 0 Å². The number of aliphatic hydroxyl groups is 1. The summed E-state index contributed by atoms with van der Waals surface area (Å²) in [4.78, 5) is 4.22. The molecule has 0 spiro atoms. The van der Waals surface area contributed by atoms with Crippen LogP contribution < -0.4 is 0 Å². The zero-order chi connectivity index (χ0) is 14.6. The minimum atomic E-state index is -0.316. The average Bonchev–Trinajstić information content (AvgIpc) is 2.49. The Bertz CT molecular complexity index is 519. The zero-order valence-electron chi connectivity index (χ0n) is 11.6. The molecule has 1 atom stereocenters. The van der Waals surface area contributed by atoms with E-state index < -0.39 is 0 Å². The molecule has 1 aromatic heterocycles. The number of pyridine rings is 1. The number of nitrogens with zero attached hydrogens (tertiary/aromatic N) is 1. The lowest BCUT2D eigenvalue weighted by Crippen LogP contribution is -2.31. The highest BCUT2D eigenvalue weighted by molar-refractivity contribution is 7.80. The van der Waals surface area contributed by atoms with Crippen LogP contribution in [0.25, 0.3) is 0 Å². The molecule has 4 heteroatoms. The number of allylic oxidation sites excluding steroid dienone is 2. The molecule has 1 aromatic rings. The van der Waals surface area contributed by atoms with Gasteiger partial charge in [-0.25, -0.2) is 0 Å². The largest absolute Gasteiger partial charge is 0.511 e. The van der Waals surface area contributed by atoms with E-state index >= 15 is 0 Å². The molecule has 1 N–H and O–H groups in total. The Balaban J connectivity index is 2.51. The van der Waals surface area contributed by atoms with Gasteiger partial charge in [0.2, 0.25) is 0 Å². The van der Waals surface area contributed by atoms with Crippen molar-refractivity contribution in [3.05, 3.63) is 41.4 Å². The first-order valence-corrected chi connectivity index (χ1v) is 7.81. The number of rotatable bonds is 4. The highest BCUT2D eigenvalue weighted by atomic mass is 32.1. The number of hydrogen-bond donors (Lipinski definition) is 1. The SMILES string of the molecule is CC1(c2cccnc2)CCCCC1=C(O)C(C=S)C=S. The number of hydrogen-bond acceptors (Lipinski definition) is 4.